The van der Waals surface area contributed by atoms with Crippen LogP contribution in [0.5, 0.6) is 5.75 Å². The van der Waals surface area contributed by atoms with Gasteiger partial charge < -0.3 is 10.4 Å². The van der Waals surface area contributed by atoms with Gasteiger partial charge in [0.25, 0.3) is 0 Å². The van der Waals surface area contributed by atoms with Crippen molar-refractivity contribution < 1.29 is 5.11 Å². The highest BCUT2D eigenvalue weighted by molar-refractivity contribution is 6.32. The van der Waals surface area contributed by atoms with E-state index < -0.39 is 0 Å². The number of aryl methyl sites for hydroxylation is 1. The lowest BCUT2D eigenvalue weighted by Gasteiger charge is -2.10. The van der Waals surface area contributed by atoms with Gasteiger partial charge in [0, 0.05) is 17.3 Å². The van der Waals surface area contributed by atoms with Crippen LogP contribution in [-0.4, -0.2) is 5.11 Å². The van der Waals surface area contributed by atoms with E-state index in [1.165, 1.54) is 5.56 Å². The van der Waals surface area contributed by atoms with Gasteiger partial charge in [-0.25, -0.2) is 0 Å². The quantitative estimate of drug-likeness (QED) is 0.805. The van der Waals surface area contributed by atoms with Gasteiger partial charge in [0.1, 0.15) is 5.75 Å². The first kappa shape index (κ1) is 13.1. The first-order valence-corrected chi connectivity index (χ1v) is 6.29. The molecular formula is C14H13Cl2NO. The van der Waals surface area contributed by atoms with Crippen molar-refractivity contribution in [2.75, 3.05) is 5.32 Å². The topological polar surface area (TPSA) is 32.3 Å². The predicted molar refractivity (Wildman–Crippen MR) is 76.6 cm³/mol. The van der Waals surface area contributed by atoms with Crippen molar-refractivity contribution in [2.45, 2.75) is 13.5 Å². The van der Waals surface area contributed by atoms with Crippen molar-refractivity contribution in [3.63, 3.8) is 0 Å². The van der Waals surface area contributed by atoms with Crippen LogP contribution >= 0.6 is 23.2 Å². The van der Waals surface area contributed by atoms with Gasteiger partial charge in [0.15, 0.2) is 0 Å². The Balaban J connectivity index is 2.09. The zero-order valence-corrected chi connectivity index (χ0v) is 11.4. The molecule has 0 saturated carbocycles. The molecule has 0 amide bonds. The molecule has 0 aromatic heterocycles. The summed E-state index contributed by atoms with van der Waals surface area (Å²) in [6, 6.07) is 10.8. The van der Waals surface area contributed by atoms with Crippen LogP contribution in [0, 0.1) is 6.92 Å². The molecular weight excluding hydrogens is 269 g/mol. The van der Waals surface area contributed by atoms with Gasteiger partial charge in [-0.2, -0.15) is 0 Å². The Morgan fingerprint density at radius 3 is 2.56 bits per heavy atom. The number of halogens is 2. The van der Waals surface area contributed by atoms with Crippen molar-refractivity contribution in [3.05, 3.63) is 57.6 Å². The van der Waals surface area contributed by atoms with E-state index in [1.54, 1.807) is 18.2 Å². The first-order valence-electron chi connectivity index (χ1n) is 5.53. The highest BCUT2D eigenvalue weighted by Gasteiger charge is 2.02. The second-order valence-corrected chi connectivity index (χ2v) is 4.93. The molecule has 2 aromatic rings. The fraction of sp³-hybridized carbons (Fsp3) is 0.143. The maximum absolute atomic E-state index is 9.33. The molecule has 0 fully saturated rings. The van der Waals surface area contributed by atoms with Gasteiger partial charge in [-0.05, 0) is 48.4 Å². The second kappa shape index (κ2) is 5.51. The average Bonchev–Trinajstić information content (AvgIpc) is 2.32. The Hall–Kier alpha value is -1.38. The number of phenolic OH excluding ortho intramolecular Hbond substituents is 1. The fourth-order valence-electron chi connectivity index (χ4n) is 1.67. The molecule has 0 aliphatic carbocycles. The third-order valence-corrected chi connectivity index (χ3v) is 3.27. The molecule has 0 aliphatic rings. The molecule has 2 nitrogen and oxygen atoms in total. The van der Waals surface area contributed by atoms with Gasteiger partial charge >= 0.3 is 0 Å². The van der Waals surface area contributed by atoms with Crippen LogP contribution in [0.15, 0.2) is 36.4 Å². The minimum atomic E-state index is 0.0879. The number of benzene rings is 2. The lowest BCUT2D eigenvalue weighted by Crippen LogP contribution is -2.01. The summed E-state index contributed by atoms with van der Waals surface area (Å²) in [6.07, 6.45) is 0. The molecule has 2 aromatic carbocycles. The molecule has 0 bridgehead atoms. The Morgan fingerprint density at radius 1 is 1.11 bits per heavy atom. The second-order valence-electron chi connectivity index (χ2n) is 4.09. The van der Waals surface area contributed by atoms with E-state index >= 15 is 0 Å². The standard InChI is InChI=1S/C14H13Cl2NO/c1-9-6-11(15)3-2-10(9)8-17-12-4-5-14(18)13(16)7-12/h2-7,17-18H,8H2,1H3. The molecule has 0 spiro atoms. The van der Waals surface area contributed by atoms with Crippen molar-refractivity contribution in [1.82, 2.24) is 0 Å². The van der Waals surface area contributed by atoms with E-state index in [-0.39, 0.29) is 5.75 Å². The lowest BCUT2D eigenvalue weighted by molar-refractivity contribution is 0.475. The normalized spacial score (nSPS) is 10.4. The van der Waals surface area contributed by atoms with Crippen LogP contribution in [0.2, 0.25) is 10.0 Å². The first-order chi connectivity index (χ1) is 8.56. The van der Waals surface area contributed by atoms with Crippen molar-refractivity contribution in [2.24, 2.45) is 0 Å². The third kappa shape index (κ3) is 3.09. The monoisotopic (exact) mass is 281 g/mol. The van der Waals surface area contributed by atoms with E-state index in [4.69, 9.17) is 23.2 Å². The summed E-state index contributed by atoms with van der Waals surface area (Å²) in [5.74, 6) is 0.0879. The zero-order valence-electron chi connectivity index (χ0n) is 9.87. The smallest absolute Gasteiger partial charge is 0.134 e. The van der Waals surface area contributed by atoms with Gasteiger partial charge in [-0.1, -0.05) is 29.3 Å². The minimum absolute atomic E-state index is 0.0879. The number of phenols is 1. The van der Waals surface area contributed by atoms with Crippen LogP contribution in [0.25, 0.3) is 0 Å². The minimum Gasteiger partial charge on any atom is -0.506 e. The summed E-state index contributed by atoms with van der Waals surface area (Å²) in [4.78, 5) is 0. The van der Waals surface area contributed by atoms with Crippen LogP contribution in [0.3, 0.4) is 0 Å². The van der Waals surface area contributed by atoms with Crippen LogP contribution in [0.4, 0.5) is 5.69 Å². The highest BCUT2D eigenvalue weighted by Crippen LogP contribution is 2.26. The molecule has 2 N–H and O–H groups in total. The van der Waals surface area contributed by atoms with Gasteiger partial charge in [-0.3, -0.25) is 0 Å². The summed E-state index contributed by atoms with van der Waals surface area (Å²) in [6.45, 7) is 2.71. The maximum Gasteiger partial charge on any atom is 0.134 e. The van der Waals surface area contributed by atoms with Crippen molar-refractivity contribution >= 4 is 28.9 Å². The molecule has 0 radical (unpaired) electrons. The van der Waals surface area contributed by atoms with Gasteiger partial charge in [0.2, 0.25) is 0 Å². The van der Waals surface area contributed by atoms with Crippen molar-refractivity contribution in [1.29, 1.82) is 0 Å². The van der Waals surface area contributed by atoms with Gasteiger partial charge in [-0.15, -0.1) is 0 Å². The third-order valence-electron chi connectivity index (χ3n) is 2.74. The summed E-state index contributed by atoms with van der Waals surface area (Å²) in [5.41, 5.74) is 3.18. The summed E-state index contributed by atoms with van der Waals surface area (Å²) < 4.78 is 0. The molecule has 0 heterocycles. The maximum atomic E-state index is 9.33. The summed E-state index contributed by atoms with van der Waals surface area (Å²) in [5, 5.41) is 13.7. The molecule has 0 aliphatic heterocycles. The van der Waals surface area contributed by atoms with E-state index in [1.807, 2.05) is 25.1 Å². The Kier molecular flexibility index (Phi) is 4.00. The number of anilines is 1. The molecule has 0 unspecified atom stereocenters. The molecule has 2 rings (SSSR count). The summed E-state index contributed by atoms with van der Waals surface area (Å²) >= 11 is 11.7. The Morgan fingerprint density at radius 2 is 1.89 bits per heavy atom. The largest absolute Gasteiger partial charge is 0.506 e. The van der Waals surface area contributed by atoms with Crippen LogP contribution < -0.4 is 5.32 Å². The highest BCUT2D eigenvalue weighted by atomic mass is 35.5. The number of aromatic hydroxyl groups is 1. The van der Waals surface area contributed by atoms with E-state index in [2.05, 4.69) is 5.32 Å². The van der Waals surface area contributed by atoms with E-state index in [9.17, 15) is 5.11 Å². The lowest BCUT2D eigenvalue weighted by atomic mass is 10.1. The predicted octanol–water partition coefficient (Wildman–Crippen LogP) is 4.62. The Bertz CT molecular complexity index is 570. The Labute approximate surface area is 116 Å². The van der Waals surface area contributed by atoms with E-state index in [0.29, 0.717) is 11.6 Å². The SMILES string of the molecule is Cc1cc(Cl)ccc1CNc1ccc(O)c(Cl)c1. The molecule has 18 heavy (non-hydrogen) atoms. The molecule has 4 heteroatoms. The number of rotatable bonds is 3. The fourth-order valence-corrected chi connectivity index (χ4v) is 2.08. The van der Waals surface area contributed by atoms with E-state index in [0.717, 1.165) is 16.3 Å². The molecule has 0 atom stereocenters. The van der Waals surface area contributed by atoms with Crippen LogP contribution in [-0.2, 0) is 6.54 Å². The van der Waals surface area contributed by atoms with Crippen molar-refractivity contribution in [3.8, 4) is 5.75 Å². The molecule has 94 valence electrons. The number of nitrogens with one attached hydrogen (secondary N) is 1. The zero-order chi connectivity index (χ0) is 13.1. The average molecular weight is 282 g/mol. The number of hydrogen-bond acceptors (Lipinski definition) is 2. The van der Waals surface area contributed by atoms with Crippen LogP contribution in [0.1, 0.15) is 11.1 Å². The summed E-state index contributed by atoms with van der Waals surface area (Å²) in [7, 11) is 0. The van der Waals surface area contributed by atoms with Gasteiger partial charge in [0.05, 0.1) is 5.02 Å². The number of hydrogen-bond donors (Lipinski definition) is 2. The molecule has 0 saturated heterocycles.